The van der Waals surface area contributed by atoms with Gasteiger partial charge in [-0.05, 0) is 0 Å². The zero-order chi connectivity index (χ0) is 10.6. The molecule has 5 nitrogen and oxygen atoms in total. The molecule has 0 heterocycles. The van der Waals surface area contributed by atoms with Gasteiger partial charge in [0.05, 0.1) is 0 Å². The van der Waals surface area contributed by atoms with Crippen LogP contribution in [0.1, 0.15) is 6.42 Å². The van der Waals surface area contributed by atoms with Crippen LogP contribution in [0.3, 0.4) is 0 Å². The first kappa shape index (κ1) is 12.2. The summed E-state index contributed by atoms with van der Waals surface area (Å²) < 4.78 is 0. The van der Waals surface area contributed by atoms with E-state index in [1.807, 2.05) is 0 Å². The first-order chi connectivity index (χ1) is 5.86. The van der Waals surface area contributed by atoms with Gasteiger partial charge in [-0.15, -0.1) is 23.2 Å². The van der Waals surface area contributed by atoms with Crippen LogP contribution in [0.4, 0.5) is 0 Å². The molecule has 7 heteroatoms. The fourth-order valence-electron chi connectivity index (χ4n) is 0.505. The van der Waals surface area contributed by atoms with Crippen LogP contribution in [0.5, 0.6) is 0 Å². The average Bonchev–Trinajstić information content (AvgIpc) is 2.02. The number of carbonyl (C=O) groups is 3. The third kappa shape index (κ3) is 4.10. The molecular formula is C6H6Cl2O5. The molecule has 0 aliphatic carbocycles. The van der Waals surface area contributed by atoms with E-state index >= 15 is 0 Å². The topological polar surface area (TPSA) is 91.7 Å². The molecule has 0 spiro atoms. The predicted molar refractivity (Wildman–Crippen MR) is 44.2 cm³/mol. The van der Waals surface area contributed by atoms with Gasteiger partial charge < -0.3 is 10.2 Å². The molecule has 0 aromatic rings. The van der Waals surface area contributed by atoms with Crippen molar-refractivity contribution in [2.24, 2.45) is 0 Å². The van der Waals surface area contributed by atoms with Crippen LogP contribution in [0.2, 0.25) is 0 Å². The Labute approximate surface area is 83.2 Å². The molecule has 0 rings (SSSR count). The van der Waals surface area contributed by atoms with Crippen molar-refractivity contribution in [1.82, 2.24) is 0 Å². The lowest BCUT2D eigenvalue weighted by Gasteiger charge is -2.04. The molecule has 0 bridgehead atoms. The van der Waals surface area contributed by atoms with Crippen molar-refractivity contribution in [1.29, 1.82) is 0 Å². The number of hydrogen-bond acceptors (Lipinski definition) is 3. The molecule has 13 heavy (non-hydrogen) atoms. The third-order valence-corrected chi connectivity index (χ3v) is 1.92. The van der Waals surface area contributed by atoms with E-state index in [1.165, 1.54) is 0 Å². The number of rotatable bonds is 5. The number of halogens is 2. The number of carboxylic acid groups (broad SMARTS) is 2. The Balaban J connectivity index is 4.15. The van der Waals surface area contributed by atoms with Gasteiger partial charge in [0.2, 0.25) is 0 Å². The Hall–Kier alpha value is -0.810. The summed E-state index contributed by atoms with van der Waals surface area (Å²) in [6.07, 6.45) is -0.600. The van der Waals surface area contributed by atoms with Crippen LogP contribution in [0, 0.1) is 0 Å². The molecule has 2 unspecified atom stereocenters. The van der Waals surface area contributed by atoms with Crippen molar-refractivity contribution in [2.45, 2.75) is 17.2 Å². The summed E-state index contributed by atoms with van der Waals surface area (Å²) in [5, 5.41) is 13.4. The lowest BCUT2D eigenvalue weighted by molar-refractivity contribution is -0.142. The summed E-state index contributed by atoms with van der Waals surface area (Å²) in [4.78, 5) is 31.1. The number of aliphatic carboxylic acids is 2. The lowest BCUT2D eigenvalue weighted by atomic mass is 10.1. The number of carbonyl (C=O) groups excluding carboxylic acids is 1. The number of ketones is 1. The first-order valence-electron chi connectivity index (χ1n) is 3.12. The van der Waals surface area contributed by atoms with E-state index in [0.717, 1.165) is 0 Å². The minimum Gasteiger partial charge on any atom is -0.480 e. The monoisotopic (exact) mass is 228 g/mol. The molecule has 0 aromatic carbocycles. The highest BCUT2D eigenvalue weighted by molar-refractivity contribution is 6.42. The molecule has 0 amide bonds. The Kier molecular flexibility index (Phi) is 4.72. The highest BCUT2D eigenvalue weighted by Gasteiger charge is 2.27. The number of alkyl halides is 2. The van der Waals surface area contributed by atoms with Gasteiger partial charge in [-0.25, -0.2) is 0 Å². The highest BCUT2D eigenvalue weighted by Crippen LogP contribution is 2.08. The summed E-state index contributed by atoms with van der Waals surface area (Å²) >= 11 is 10.3. The lowest BCUT2D eigenvalue weighted by Crippen LogP contribution is -2.28. The summed E-state index contributed by atoms with van der Waals surface area (Å²) in [7, 11) is 0. The van der Waals surface area contributed by atoms with Crippen molar-refractivity contribution < 1.29 is 24.6 Å². The minimum atomic E-state index is -1.74. The van der Waals surface area contributed by atoms with Crippen LogP contribution in [-0.2, 0) is 14.4 Å². The molecule has 0 fully saturated rings. The zero-order valence-electron chi connectivity index (χ0n) is 6.24. The number of Topliss-reactive ketones (excluding diaryl/α,β-unsaturated/α-hetero) is 1. The SMILES string of the molecule is O=C(O)C(Cl)CC(=O)C(Cl)C(=O)O. The standard InChI is InChI=1S/C6H6Cl2O5/c7-2(5(10)11)1-3(9)4(8)6(12)13/h2,4H,1H2,(H,10,11)(H,12,13). The Morgan fingerprint density at radius 2 is 1.54 bits per heavy atom. The van der Waals surface area contributed by atoms with Gasteiger partial charge in [-0.3, -0.25) is 14.4 Å². The second kappa shape index (κ2) is 5.04. The van der Waals surface area contributed by atoms with Crippen molar-refractivity contribution in [2.75, 3.05) is 0 Å². The van der Waals surface area contributed by atoms with E-state index in [-0.39, 0.29) is 0 Å². The maximum atomic E-state index is 10.8. The molecule has 0 saturated heterocycles. The van der Waals surface area contributed by atoms with Gasteiger partial charge >= 0.3 is 11.9 Å². The predicted octanol–water partition coefficient (Wildman–Crippen LogP) is 0.330. The van der Waals surface area contributed by atoms with E-state index in [4.69, 9.17) is 33.4 Å². The van der Waals surface area contributed by atoms with Gasteiger partial charge in [0, 0.05) is 6.42 Å². The molecule has 74 valence electrons. The first-order valence-corrected chi connectivity index (χ1v) is 4.00. The molecule has 0 aliphatic rings. The van der Waals surface area contributed by atoms with Gasteiger partial charge in [0.1, 0.15) is 5.38 Å². The van der Waals surface area contributed by atoms with Crippen molar-refractivity contribution in [3.05, 3.63) is 0 Å². The van der Waals surface area contributed by atoms with Crippen molar-refractivity contribution >= 4 is 40.9 Å². The molecular weight excluding hydrogens is 223 g/mol. The highest BCUT2D eigenvalue weighted by atomic mass is 35.5. The fraction of sp³-hybridized carbons (Fsp3) is 0.500. The maximum absolute atomic E-state index is 10.8. The summed E-state index contributed by atoms with van der Waals surface area (Å²) in [6, 6.07) is 0. The molecule has 0 radical (unpaired) electrons. The van der Waals surface area contributed by atoms with Crippen LogP contribution < -0.4 is 0 Å². The molecule has 0 saturated carbocycles. The Morgan fingerprint density at radius 3 is 1.85 bits per heavy atom. The molecule has 2 atom stereocenters. The van der Waals surface area contributed by atoms with E-state index in [9.17, 15) is 14.4 Å². The molecule has 0 aliphatic heterocycles. The normalized spacial score (nSPS) is 14.6. The van der Waals surface area contributed by atoms with Gasteiger partial charge in [-0.1, -0.05) is 0 Å². The van der Waals surface area contributed by atoms with E-state index in [0.29, 0.717) is 0 Å². The Bertz CT molecular complexity index is 239. The summed E-state index contributed by atoms with van der Waals surface area (Å²) in [5.74, 6) is -3.82. The van der Waals surface area contributed by atoms with Gasteiger partial charge in [-0.2, -0.15) is 0 Å². The fourth-order valence-corrected chi connectivity index (χ4v) is 0.746. The molecule has 2 N–H and O–H groups in total. The minimum absolute atomic E-state index is 0.600. The van der Waals surface area contributed by atoms with Crippen molar-refractivity contribution in [3.8, 4) is 0 Å². The van der Waals surface area contributed by atoms with Crippen molar-refractivity contribution in [3.63, 3.8) is 0 Å². The van der Waals surface area contributed by atoms with E-state index in [2.05, 4.69) is 0 Å². The average molecular weight is 229 g/mol. The second-order valence-corrected chi connectivity index (χ2v) is 3.14. The van der Waals surface area contributed by atoms with E-state index in [1.54, 1.807) is 0 Å². The summed E-state index contributed by atoms with van der Waals surface area (Å²) in [6.45, 7) is 0. The maximum Gasteiger partial charge on any atom is 0.329 e. The molecule has 0 aromatic heterocycles. The van der Waals surface area contributed by atoms with Gasteiger partial charge in [0.15, 0.2) is 11.2 Å². The quantitative estimate of drug-likeness (QED) is 0.523. The van der Waals surface area contributed by atoms with Crippen LogP contribution in [0.25, 0.3) is 0 Å². The van der Waals surface area contributed by atoms with Crippen LogP contribution in [0.15, 0.2) is 0 Å². The third-order valence-electron chi connectivity index (χ3n) is 1.15. The Morgan fingerprint density at radius 1 is 1.08 bits per heavy atom. The van der Waals surface area contributed by atoms with Gasteiger partial charge in [0.25, 0.3) is 0 Å². The zero-order valence-corrected chi connectivity index (χ0v) is 7.75. The summed E-state index contributed by atoms with van der Waals surface area (Å²) in [5.41, 5.74) is 0. The van der Waals surface area contributed by atoms with Crippen LogP contribution >= 0.6 is 23.2 Å². The number of carboxylic acids is 2. The number of hydrogen-bond donors (Lipinski definition) is 2. The van der Waals surface area contributed by atoms with E-state index < -0.39 is 34.9 Å². The van der Waals surface area contributed by atoms with Crippen LogP contribution in [-0.4, -0.2) is 38.7 Å². The largest absolute Gasteiger partial charge is 0.480 e. The smallest absolute Gasteiger partial charge is 0.329 e. The second-order valence-electron chi connectivity index (χ2n) is 2.18.